The third-order valence-corrected chi connectivity index (χ3v) is 6.67. The summed E-state index contributed by atoms with van der Waals surface area (Å²) in [6.45, 7) is 6.63. The van der Waals surface area contributed by atoms with Gasteiger partial charge in [0.15, 0.2) is 0 Å². The summed E-state index contributed by atoms with van der Waals surface area (Å²) in [5.74, 6) is -0.0761. The van der Waals surface area contributed by atoms with Crippen LogP contribution in [0.5, 0.6) is 0 Å². The number of nitrogens with zero attached hydrogens (tertiary/aromatic N) is 3. The number of carbonyl (C=O) groups excluding carboxylic acids is 2. The van der Waals surface area contributed by atoms with Crippen molar-refractivity contribution in [2.45, 2.75) is 25.9 Å². The molecule has 7 heteroatoms. The monoisotopic (exact) mass is 452 g/mol. The normalized spacial score (nSPS) is 18.3. The van der Waals surface area contributed by atoms with Crippen molar-refractivity contribution in [3.63, 3.8) is 0 Å². The van der Waals surface area contributed by atoms with Gasteiger partial charge in [0, 0.05) is 45.2 Å². The Morgan fingerprint density at radius 3 is 2.15 bits per heavy atom. The molecule has 0 bridgehead atoms. The number of carbonyl (C=O) groups is 2. The number of hydrogen-bond acceptors (Lipinski definition) is 4. The average molecular weight is 453 g/mol. The van der Waals surface area contributed by atoms with Gasteiger partial charge < -0.3 is 10.2 Å². The Balaban J connectivity index is 1.14. The first-order valence-electron chi connectivity index (χ1n) is 11.9. The zero-order valence-electron chi connectivity index (χ0n) is 19.1. The first-order valence-corrected chi connectivity index (χ1v) is 11.9. The van der Waals surface area contributed by atoms with Crippen molar-refractivity contribution in [2.24, 2.45) is 5.92 Å². The topological polar surface area (TPSA) is 55.9 Å². The predicted molar refractivity (Wildman–Crippen MR) is 126 cm³/mol. The maximum atomic E-state index is 13.0. The van der Waals surface area contributed by atoms with Crippen LogP contribution in [0, 0.1) is 11.7 Å². The summed E-state index contributed by atoms with van der Waals surface area (Å²) in [7, 11) is 0. The minimum atomic E-state index is -0.277. The van der Waals surface area contributed by atoms with E-state index in [1.165, 1.54) is 17.7 Å². The van der Waals surface area contributed by atoms with Crippen LogP contribution < -0.4 is 5.32 Å². The number of halogens is 1. The number of hydrogen-bond donors (Lipinski definition) is 1. The molecule has 2 saturated heterocycles. The molecule has 0 unspecified atom stereocenters. The molecule has 176 valence electrons. The lowest BCUT2D eigenvalue weighted by Gasteiger charge is -2.37. The van der Waals surface area contributed by atoms with E-state index in [-0.39, 0.29) is 23.5 Å². The third-order valence-electron chi connectivity index (χ3n) is 6.67. The maximum Gasteiger partial charge on any atom is 0.236 e. The number of likely N-dealkylation sites (tertiary alicyclic amines) is 1. The Morgan fingerprint density at radius 2 is 1.48 bits per heavy atom. The quantitative estimate of drug-likeness (QED) is 0.702. The van der Waals surface area contributed by atoms with Crippen molar-refractivity contribution < 1.29 is 14.0 Å². The number of nitrogens with one attached hydrogen (secondary N) is 1. The molecule has 0 radical (unpaired) electrons. The summed E-state index contributed by atoms with van der Waals surface area (Å²) in [5, 5.41) is 2.96. The van der Waals surface area contributed by atoms with Gasteiger partial charge in [0.2, 0.25) is 11.8 Å². The molecule has 2 aliphatic heterocycles. The lowest BCUT2D eigenvalue weighted by atomic mass is 9.95. The molecule has 1 N–H and O–H groups in total. The number of piperazine rings is 1. The Labute approximate surface area is 195 Å². The van der Waals surface area contributed by atoms with E-state index in [2.05, 4.69) is 39.4 Å². The van der Waals surface area contributed by atoms with Crippen LogP contribution >= 0.6 is 0 Å². The molecular weight excluding hydrogens is 419 g/mol. The van der Waals surface area contributed by atoms with Gasteiger partial charge in [0.25, 0.3) is 0 Å². The summed E-state index contributed by atoms with van der Waals surface area (Å²) in [4.78, 5) is 31.8. The van der Waals surface area contributed by atoms with E-state index in [0.717, 1.165) is 64.2 Å². The average Bonchev–Trinajstić information content (AvgIpc) is 2.85. The van der Waals surface area contributed by atoms with E-state index in [0.29, 0.717) is 13.1 Å². The van der Waals surface area contributed by atoms with Crippen LogP contribution in [0.2, 0.25) is 0 Å². The van der Waals surface area contributed by atoms with Gasteiger partial charge in [-0.1, -0.05) is 42.5 Å². The molecule has 0 atom stereocenters. The zero-order chi connectivity index (χ0) is 23.0. The number of piperidine rings is 1. The molecule has 4 rings (SSSR count). The van der Waals surface area contributed by atoms with Crippen LogP contribution in [0.1, 0.15) is 24.0 Å². The highest BCUT2D eigenvalue weighted by Crippen LogP contribution is 2.18. The molecule has 2 aromatic rings. The van der Waals surface area contributed by atoms with Crippen molar-refractivity contribution in [3.05, 3.63) is 71.5 Å². The maximum absolute atomic E-state index is 13.0. The van der Waals surface area contributed by atoms with E-state index >= 15 is 0 Å². The van der Waals surface area contributed by atoms with Crippen molar-refractivity contribution in [3.8, 4) is 0 Å². The van der Waals surface area contributed by atoms with E-state index < -0.39 is 0 Å². The van der Waals surface area contributed by atoms with Crippen LogP contribution in [0.4, 0.5) is 4.39 Å². The summed E-state index contributed by atoms with van der Waals surface area (Å²) in [5.41, 5.74) is 2.19. The van der Waals surface area contributed by atoms with Gasteiger partial charge >= 0.3 is 0 Å². The molecule has 33 heavy (non-hydrogen) atoms. The highest BCUT2D eigenvalue weighted by Gasteiger charge is 2.28. The number of amides is 2. The van der Waals surface area contributed by atoms with Crippen LogP contribution in [0.15, 0.2) is 54.6 Å². The molecule has 6 nitrogen and oxygen atoms in total. The molecule has 0 saturated carbocycles. The van der Waals surface area contributed by atoms with Gasteiger partial charge in [0.1, 0.15) is 5.82 Å². The lowest BCUT2D eigenvalue weighted by molar-refractivity contribution is -0.134. The van der Waals surface area contributed by atoms with Gasteiger partial charge in [-0.05, 0) is 49.2 Å². The van der Waals surface area contributed by atoms with E-state index in [9.17, 15) is 14.0 Å². The highest BCUT2D eigenvalue weighted by atomic mass is 19.1. The number of benzene rings is 2. The minimum Gasteiger partial charge on any atom is -0.352 e. The molecule has 2 heterocycles. The summed E-state index contributed by atoms with van der Waals surface area (Å²) in [6, 6.07) is 16.6. The fourth-order valence-corrected chi connectivity index (χ4v) is 4.58. The Bertz CT molecular complexity index is 906. The molecule has 0 spiro atoms. The van der Waals surface area contributed by atoms with Crippen molar-refractivity contribution in [1.82, 2.24) is 20.0 Å². The second kappa shape index (κ2) is 11.4. The standard InChI is InChI=1S/C26H33FN4O2/c27-24-8-6-21(7-9-24)18-28-26(33)23-10-12-29(13-11-23)20-25(32)31-16-14-30(15-17-31)19-22-4-2-1-3-5-22/h1-9,23H,10-20H2,(H,28,33). The fraction of sp³-hybridized carbons (Fsp3) is 0.462. The van der Waals surface area contributed by atoms with Crippen LogP contribution in [-0.2, 0) is 22.7 Å². The smallest absolute Gasteiger partial charge is 0.236 e. The molecular formula is C26H33FN4O2. The first kappa shape index (κ1) is 23.4. The lowest BCUT2D eigenvalue weighted by Crippen LogP contribution is -2.51. The fourth-order valence-electron chi connectivity index (χ4n) is 4.58. The molecule has 2 aliphatic rings. The Kier molecular flexibility index (Phi) is 8.07. The van der Waals surface area contributed by atoms with E-state index in [4.69, 9.17) is 0 Å². The summed E-state index contributed by atoms with van der Waals surface area (Å²) >= 11 is 0. The van der Waals surface area contributed by atoms with Gasteiger partial charge in [-0.2, -0.15) is 0 Å². The van der Waals surface area contributed by atoms with Gasteiger partial charge in [-0.3, -0.25) is 19.4 Å². The number of rotatable bonds is 7. The molecule has 2 aromatic carbocycles. The van der Waals surface area contributed by atoms with Crippen molar-refractivity contribution in [2.75, 3.05) is 45.8 Å². The van der Waals surface area contributed by atoms with Crippen LogP contribution in [0.3, 0.4) is 0 Å². The molecule has 2 amide bonds. The van der Waals surface area contributed by atoms with Crippen LogP contribution in [-0.4, -0.2) is 72.3 Å². The molecule has 0 aromatic heterocycles. The SMILES string of the molecule is O=C(NCc1ccc(F)cc1)C1CCN(CC(=O)N2CCN(Cc3ccccc3)CC2)CC1. The highest BCUT2D eigenvalue weighted by molar-refractivity contribution is 5.79. The largest absolute Gasteiger partial charge is 0.352 e. The second-order valence-corrected chi connectivity index (χ2v) is 9.04. The van der Waals surface area contributed by atoms with Crippen LogP contribution in [0.25, 0.3) is 0 Å². The molecule has 0 aliphatic carbocycles. The third kappa shape index (κ3) is 6.85. The minimum absolute atomic E-state index is 0.0293. The second-order valence-electron chi connectivity index (χ2n) is 9.04. The molecule has 2 fully saturated rings. The first-order chi connectivity index (χ1) is 16.1. The van der Waals surface area contributed by atoms with Crippen molar-refractivity contribution in [1.29, 1.82) is 0 Å². The van der Waals surface area contributed by atoms with Gasteiger partial charge in [0.05, 0.1) is 6.54 Å². The van der Waals surface area contributed by atoms with Gasteiger partial charge in [-0.25, -0.2) is 4.39 Å². The van der Waals surface area contributed by atoms with E-state index in [1.807, 2.05) is 11.0 Å². The van der Waals surface area contributed by atoms with E-state index in [1.54, 1.807) is 12.1 Å². The predicted octanol–water partition coefficient (Wildman–Crippen LogP) is 2.50. The Morgan fingerprint density at radius 1 is 0.818 bits per heavy atom. The summed E-state index contributed by atoms with van der Waals surface area (Å²) < 4.78 is 13.0. The zero-order valence-corrected chi connectivity index (χ0v) is 19.1. The Hall–Kier alpha value is -2.77. The van der Waals surface area contributed by atoms with Gasteiger partial charge in [-0.15, -0.1) is 0 Å². The summed E-state index contributed by atoms with van der Waals surface area (Å²) in [6.07, 6.45) is 1.51. The van der Waals surface area contributed by atoms with Crippen molar-refractivity contribution >= 4 is 11.8 Å².